The smallest absolute Gasteiger partial charge is 0.338 e. The van der Waals surface area contributed by atoms with Gasteiger partial charge in [0.15, 0.2) is 0 Å². The second-order valence-electron chi connectivity index (χ2n) is 8.77. The van der Waals surface area contributed by atoms with E-state index >= 15 is 0 Å². The third-order valence-electron chi connectivity index (χ3n) is 6.50. The van der Waals surface area contributed by atoms with Crippen LogP contribution in [0.4, 0.5) is 4.79 Å². The molecule has 0 aliphatic carbocycles. The van der Waals surface area contributed by atoms with Gasteiger partial charge in [0.05, 0.1) is 25.3 Å². The van der Waals surface area contributed by atoms with Gasteiger partial charge in [0.1, 0.15) is 5.75 Å². The molecule has 1 atom stereocenters. The van der Waals surface area contributed by atoms with Crippen LogP contribution in [0.25, 0.3) is 0 Å². The van der Waals surface area contributed by atoms with E-state index in [-0.39, 0.29) is 12.6 Å². The molecule has 2 aliphatic heterocycles. The molecule has 4 rings (SSSR count). The summed E-state index contributed by atoms with van der Waals surface area (Å²) in [6.45, 7) is 7.15. The van der Waals surface area contributed by atoms with Crippen molar-refractivity contribution in [1.82, 2.24) is 20.4 Å². The molecule has 8 heteroatoms. The SMILES string of the molecule is CCOC(=O)C1=C(CN2CCN(CCc3ccc(OC)cc3)CC2)NC(=O)NC1c1ccccc1. The van der Waals surface area contributed by atoms with Gasteiger partial charge >= 0.3 is 12.0 Å². The van der Waals surface area contributed by atoms with E-state index in [0.717, 1.165) is 50.5 Å². The Kier molecular flexibility index (Phi) is 8.39. The zero-order chi connectivity index (χ0) is 24.6. The summed E-state index contributed by atoms with van der Waals surface area (Å²) in [7, 11) is 1.68. The van der Waals surface area contributed by atoms with Gasteiger partial charge < -0.3 is 25.0 Å². The maximum Gasteiger partial charge on any atom is 0.338 e. The van der Waals surface area contributed by atoms with E-state index < -0.39 is 12.0 Å². The lowest BCUT2D eigenvalue weighted by Crippen LogP contribution is -2.52. The molecule has 0 bridgehead atoms. The highest BCUT2D eigenvalue weighted by molar-refractivity contribution is 5.95. The Balaban J connectivity index is 1.40. The number of methoxy groups -OCH3 is 1. The number of hydrogen-bond donors (Lipinski definition) is 2. The topological polar surface area (TPSA) is 83.1 Å². The van der Waals surface area contributed by atoms with Crippen LogP contribution >= 0.6 is 0 Å². The molecule has 35 heavy (non-hydrogen) atoms. The van der Waals surface area contributed by atoms with E-state index in [0.29, 0.717) is 17.8 Å². The van der Waals surface area contributed by atoms with Crippen LogP contribution in [0.15, 0.2) is 65.9 Å². The van der Waals surface area contributed by atoms with Crippen LogP contribution in [-0.4, -0.2) is 74.8 Å². The van der Waals surface area contributed by atoms with Gasteiger partial charge in [-0.1, -0.05) is 42.5 Å². The van der Waals surface area contributed by atoms with Crippen molar-refractivity contribution >= 4 is 12.0 Å². The van der Waals surface area contributed by atoms with Crippen LogP contribution in [-0.2, 0) is 16.0 Å². The number of nitrogens with zero attached hydrogens (tertiary/aromatic N) is 2. The fourth-order valence-electron chi connectivity index (χ4n) is 4.56. The quantitative estimate of drug-likeness (QED) is 0.540. The Morgan fingerprint density at radius 2 is 1.69 bits per heavy atom. The predicted molar refractivity (Wildman–Crippen MR) is 134 cm³/mol. The zero-order valence-corrected chi connectivity index (χ0v) is 20.5. The summed E-state index contributed by atoms with van der Waals surface area (Å²) in [5, 5.41) is 5.78. The van der Waals surface area contributed by atoms with Crippen molar-refractivity contribution in [1.29, 1.82) is 0 Å². The number of nitrogens with one attached hydrogen (secondary N) is 2. The minimum Gasteiger partial charge on any atom is -0.497 e. The number of ether oxygens (including phenoxy) is 2. The summed E-state index contributed by atoms with van der Waals surface area (Å²) in [6, 6.07) is 16.9. The van der Waals surface area contributed by atoms with E-state index in [2.05, 4.69) is 32.6 Å². The lowest BCUT2D eigenvalue weighted by molar-refractivity contribution is -0.139. The molecule has 2 heterocycles. The fourth-order valence-corrected chi connectivity index (χ4v) is 4.56. The molecule has 2 amide bonds. The highest BCUT2D eigenvalue weighted by Gasteiger charge is 2.34. The van der Waals surface area contributed by atoms with Crippen LogP contribution in [0, 0.1) is 0 Å². The molecule has 2 aromatic carbocycles. The summed E-state index contributed by atoms with van der Waals surface area (Å²) in [6.07, 6.45) is 0.989. The molecule has 1 unspecified atom stereocenters. The van der Waals surface area contributed by atoms with E-state index in [9.17, 15) is 9.59 Å². The van der Waals surface area contributed by atoms with E-state index in [4.69, 9.17) is 9.47 Å². The van der Waals surface area contributed by atoms with Gasteiger partial charge in [0.2, 0.25) is 0 Å². The summed E-state index contributed by atoms with van der Waals surface area (Å²) < 4.78 is 10.6. The molecule has 1 saturated heterocycles. The van der Waals surface area contributed by atoms with Gasteiger partial charge in [-0.2, -0.15) is 0 Å². The van der Waals surface area contributed by atoms with Crippen molar-refractivity contribution in [2.75, 3.05) is 53.0 Å². The molecular formula is C27H34N4O4. The third-order valence-corrected chi connectivity index (χ3v) is 6.50. The minimum absolute atomic E-state index is 0.276. The molecule has 2 N–H and O–H groups in total. The Morgan fingerprint density at radius 3 is 2.34 bits per heavy atom. The second-order valence-corrected chi connectivity index (χ2v) is 8.77. The Labute approximate surface area is 206 Å². The van der Waals surface area contributed by atoms with Crippen LogP contribution in [0.5, 0.6) is 5.75 Å². The van der Waals surface area contributed by atoms with Crippen molar-refractivity contribution in [3.8, 4) is 5.75 Å². The van der Waals surface area contributed by atoms with Crippen LogP contribution < -0.4 is 15.4 Å². The number of hydrogen-bond acceptors (Lipinski definition) is 6. The molecule has 0 radical (unpaired) electrons. The van der Waals surface area contributed by atoms with Crippen LogP contribution in [0.3, 0.4) is 0 Å². The standard InChI is InChI=1S/C27H34N4O4/c1-3-35-26(32)24-23(28-27(33)29-25(24)21-7-5-4-6-8-21)19-31-17-15-30(16-18-31)14-13-20-9-11-22(34-2)12-10-20/h4-12,25H,3,13-19H2,1-2H3,(H2,28,29,33). The highest BCUT2D eigenvalue weighted by Crippen LogP contribution is 2.28. The lowest BCUT2D eigenvalue weighted by Gasteiger charge is -2.37. The zero-order valence-electron chi connectivity index (χ0n) is 20.5. The highest BCUT2D eigenvalue weighted by atomic mass is 16.5. The molecule has 8 nitrogen and oxygen atoms in total. The lowest BCUT2D eigenvalue weighted by atomic mass is 9.95. The average molecular weight is 479 g/mol. The maximum atomic E-state index is 12.9. The second kappa shape index (κ2) is 11.9. The number of esters is 1. The molecule has 0 aromatic heterocycles. The molecule has 1 fully saturated rings. The Morgan fingerprint density at radius 1 is 1.00 bits per heavy atom. The predicted octanol–water partition coefficient (Wildman–Crippen LogP) is 2.73. The van der Waals surface area contributed by atoms with Gasteiger partial charge in [-0.05, 0) is 36.6 Å². The van der Waals surface area contributed by atoms with Crippen molar-refractivity contribution in [3.63, 3.8) is 0 Å². The van der Waals surface area contributed by atoms with Crippen molar-refractivity contribution in [2.24, 2.45) is 0 Å². The molecule has 186 valence electrons. The monoisotopic (exact) mass is 478 g/mol. The number of carbonyl (C=O) groups excluding carboxylic acids is 2. The van der Waals surface area contributed by atoms with Gasteiger partial charge in [0, 0.05) is 45.0 Å². The molecule has 2 aromatic rings. The summed E-state index contributed by atoms with van der Waals surface area (Å²) in [4.78, 5) is 30.2. The van der Waals surface area contributed by atoms with Gasteiger partial charge in [-0.3, -0.25) is 4.90 Å². The third kappa shape index (κ3) is 6.41. The first-order valence-corrected chi connectivity index (χ1v) is 12.2. The van der Waals surface area contributed by atoms with Crippen LogP contribution in [0.1, 0.15) is 24.1 Å². The molecular weight excluding hydrogens is 444 g/mol. The van der Waals surface area contributed by atoms with Gasteiger partial charge in [0.25, 0.3) is 0 Å². The summed E-state index contributed by atoms with van der Waals surface area (Å²) in [5.74, 6) is 0.473. The number of rotatable bonds is 9. The number of urea groups is 1. The first kappa shape index (κ1) is 24.8. The number of carbonyl (C=O) groups is 2. The molecule has 2 aliphatic rings. The Bertz CT molecular complexity index is 1030. The summed E-state index contributed by atoms with van der Waals surface area (Å²) in [5.41, 5.74) is 3.24. The van der Waals surface area contributed by atoms with Crippen molar-refractivity contribution < 1.29 is 19.1 Å². The van der Waals surface area contributed by atoms with Crippen molar-refractivity contribution in [2.45, 2.75) is 19.4 Å². The van der Waals surface area contributed by atoms with E-state index in [1.165, 1.54) is 5.56 Å². The minimum atomic E-state index is -0.537. The fraction of sp³-hybridized carbons (Fsp3) is 0.407. The number of piperazine rings is 1. The van der Waals surface area contributed by atoms with E-state index in [1.807, 2.05) is 42.5 Å². The van der Waals surface area contributed by atoms with Gasteiger partial charge in [-0.25, -0.2) is 9.59 Å². The largest absolute Gasteiger partial charge is 0.497 e. The van der Waals surface area contributed by atoms with Crippen LogP contribution in [0.2, 0.25) is 0 Å². The average Bonchev–Trinajstić information content (AvgIpc) is 2.89. The van der Waals surface area contributed by atoms with E-state index in [1.54, 1.807) is 14.0 Å². The van der Waals surface area contributed by atoms with Gasteiger partial charge in [-0.15, -0.1) is 0 Å². The number of amides is 2. The van der Waals surface area contributed by atoms with Crippen molar-refractivity contribution in [3.05, 3.63) is 77.0 Å². The first-order valence-electron chi connectivity index (χ1n) is 12.2. The first-order chi connectivity index (χ1) is 17.1. The summed E-state index contributed by atoms with van der Waals surface area (Å²) >= 11 is 0. The number of benzene rings is 2. The normalized spacial score (nSPS) is 19.1. The Hall–Kier alpha value is -3.36. The molecule has 0 saturated carbocycles. The molecule has 0 spiro atoms. The maximum absolute atomic E-state index is 12.9.